The third-order valence-electron chi connectivity index (χ3n) is 9.71. The van der Waals surface area contributed by atoms with Crippen molar-refractivity contribution in [2.45, 2.75) is 82.5 Å². The number of nitrogens with zero attached hydrogens (tertiary/aromatic N) is 2. The SMILES string of the molecule is CCCN(Cc1cc(O)c2c(c1F)C[C@H]1C[C@H]3[C@H](N(C)C)C(O)=C(C(N)=O)C(=O)[C@@]3(O)C(O)=C1C2=O)C1CCCCC1. The topological polar surface area (TPSA) is 165 Å². The highest BCUT2D eigenvalue weighted by molar-refractivity contribution is 6.24. The summed E-state index contributed by atoms with van der Waals surface area (Å²) in [5.74, 6) is -8.07. The van der Waals surface area contributed by atoms with E-state index < -0.39 is 69.6 Å². The predicted octanol–water partition coefficient (Wildman–Crippen LogP) is 2.80. The van der Waals surface area contributed by atoms with Crippen molar-refractivity contribution in [3.63, 3.8) is 0 Å². The first-order valence-corrected chi connectivity index (χ1v) is 14.8. The third-order valence-corrected chi connectivity index (χ3v) is 9.71. The number of primary amides is 1. The number of hydrogen-bond acceptors (Lipinski definition) is 9. The second-order valence-electron chi connectivity index (χ2n) is 12.4. The number of carbonyl (C=O) groups excluding carboxylic acids is 3. The average Bonchev–Trinajstić information content (AvgIpc) is 2.93. The van der Waals surface area contributed by atoms with Gasteiger partial charge in [0.2, 0.25) is 5.78 Å². The number of Topliss-reactive ketones (excluding diaryl/α,β-unsaturated/α-hetero) is 2. The minimum atomic E-state index is -2.72. The summed E-state index contributed by atoms with van der Waals surface area (Å²) < 4.78 is 16.2. The lowest BCUT2D eigenvalue weighted by molar-refractivity contribution is -0.148. The van der Waals surface area contributed by atoms with Gasteiger partial charge in [-0.2, -0.15) is 0 Å². The van der Waals surface area contributed by atoms with Gasteiger partial charge in [0.25, 0.3) is 5.91 Å². The third kappa shape index (κ3) is 4.53. The Morgan fingerprint density at radius 1 is 1.14 bits per heavy atom. The van der Waals surface area contributed by atoms with Crippen molar-refractivity contribution in [1.29, 1.82) is 0 Å². The molecule has 1 aromatic carbocycles. The lowest BCUT2D eigenvalue weighted by Crippen LogP contribution is -2.63. The van der Waals surface area contributed by atoms with E-state index in [9.17, 15) is 34.8 Å². The number of aromatic hydroxyl groups is 1. The monoisotopic (exact) mass is 585 g/mol. The number of nitrogens with two attached hydrogens (primary N) is 1. The molecule has 5 rings (SSSR count). The maximum absolute atomic E-state index is 16.2. The van der Waals surface area contributed by atoms with E-state index in [1.165, 1.54) is 17.4 Å². The maximum atomic E-state index is 16.2. The van der Waals surface area contributed by atoms with Crippen LogP contribution in [0, 0.1) is 17.7 Å². The molecule has 0 saturated heterocycles. The molecular formula is C31H40FN3O7. The zero-order chi connectivity index (χ0) is 30.7. The number of ketones is 2. The molecule has 1 fully saturated rings. The summed E-state index contributed by atoms with van der Waals surface area (Å²) in [6, 6.07) is 0.478. The molecule has 4 aliphatic rings. The summed E-state index contributed by atoms with van der Waals surface area (Å²) in [5.41, 5.74) is 1.48. The number of fused-ring (bicyclic) bond motifs is 3. The van der Waals surface area contributed by atoms with Gasteiger partial charge in [0, 0.05) is 35.2 Å². The number of phenols is 1. The first-order valence-electron chi connectivity index (χ1n) is 14.8. The molecule has 0 heterocycles. The summed E-state index contributed by atoms with van der Waals surface area (Å²) in [5, 5.41) is 45.0. The molecule has 11 heteroatoms. The molecule has 0 aliphatic heterocycles. The van der Waals surface area contributed by atoms with E-state index in [1.807, 2.05) is 0 Å². The number of aliphatic hydroxyl groups is 3. The quantitative estimate of drug-likeness (QED) is 0.303. The van der Waals surface area contributed by atoms with Crippen LogP contribution in [0.25, 0.3) is 0 Å². The largest absolute Gasteiger partial charge is 0.510 e. The Morgan fingerprint density at radius 2 is 1.81 bits per heavy atom. The number of hydrogen-bond donors (Lipinski definition) is 5. The molecule has 0 aromatic heterocycles. The Morgan fingerprint density at radius 3 is 2.40 bits per heavy atom. The number of benzene rings is 1. The van der Waals surface area contributed by atoms with Crippen LogP contribution in [0.15, 0.2) is 28.7 Å². The highest BCUT2D eigenvalue weighted by Gasteiger charge is 2.63. The van der Waals surface area contributed by atoms with Crippen LogP contribution in [0.3, 0.4) is 0 Å². The molecule has 1 saturated carbocycles. The zero-order valence-electron chi connectivity index (χ0n) is 24.3. The molecule has 4 aliphatic carbocycles. The Labute approximate surface area is 244 Å². The fourth-order valence-electron chi connectivity index (χ4n) is 7.81. The number of amides is 1. The van der Waals surface area contributed by atoms with Gasteiger partial charge in [-0.1, -0.05) is 26.2 Å². The number of allylic oxidation sites excluding steroid dienone is 1. The average molecular weight is 586 g/mol. The van der Waals surface area contributed by atoms with Crippen LogP contribution in [-0.4, -0.2) is 86.0 Å². The molecule has 10 nitrogen and oxygen atoms in total. The Balaban J connectivity index is 1.58. The standard InChI is InChI=1S/C31H40FN3O7/c1-4-10-35(17-8-6-5-7-9-17)14-16-13-20(36)22-18(24(16)32)11-15-12-19-25(34(2)3)27(38)23(30(33)41)29(40)31(19,42)28(39)21(15)26(22)37/h13,15,17,19,25,36,38-39,42H,4-12,14H2,1-3H3,(H2,33,41)/t15-,19-,25-,31-/m0/s1. The van der Waals surface area contributed by atoms with Gasteiger partial charge in [-0.05, 0) is 64.7 Å². The lowest BCUT2D eigenvalue weighted by Gasteiger charge is -2.50. The van der Waals surface area contributed by atoms with Gasteiger partial charge < -0.3 is 26.2 Å². The minimum absolute atomic E-state index is 0.0308. The number of rotatable bonds is 7. The van der Waals surface area contributed by atoms with E-state index in [4.69, 9.17) is 5.73 Å². The maximum Gasteiger partial charge on any atom is 0.255 e. The van der Waals surface area contributed by atoms with Crippen LogP contribution >= 0.6 is 0 Å². The van der Waals surface area contributed by atoms with Crippen LogP contribution in [0.2, 0.25) is 0 Å². The Bertz CT molecular complexity index is 1400. The van der Waals surface area contributed by atoms with Gasteiger partial charge >= 0.3 is 0 Å². The fourth-order valence-corrected chi connectivity index (χ4v) is 7.81. The van der Waals surface area contributed by atoms with E-state index in [2.05, 4.69) is 11.8 Å². The predicted molar refractivity (Wildman–Crippen MR) is 151 cm³/mol. The van der Waals surface area contributed by atoms with E-state index in [1.54, 1.807) is 14.1 Å². The van der Waals surface area contributed by atoms with Gasteiger partial charge in [-0.3, -0.25) is 24.2 Å². The number of likely N-dealkylation sites (N-methyl/N-ethyl adjacent to an activating group) is 1. The second kappa shape index (κ2) is 11.1. The second-order valence-corrected chi connectivity index (χ2v) is 12.4. The van der Waals surface area contributed by atoms with Crippen molar-refractivity contribution in [2.24, 2.45) is 17.6 Å². The Kier molecular flexibility index (Phi) is 7.97. The smallest absolute Gasteiger partial charge is 0.255 e. The van der Waals surface area contributed by atoms with Crippen LogP contribution < -0.4 is 5.73 Å². The van der Waals surface area contributed by atoms with Crippen molar-refractivity contribution in [3.05, 3.63) is 51.2 Å². The van der Waals surface area contributed by atoms with Gasteiger partial charge in [0.15, 0.2) is 11.4 Å². The highest BCUT2D eigenvalue weighted by Crippen LogP contribution is 2.52. The number of aliphatic hydroxyl groups excluding tert-OH is 2. The van der Waals surface area contributed by atoms with Crippen LogP contribution in [-0.2, 0) is 22.6 Å². The van der Waals surface area contributed by atoms with Crippen LogP contribution in [0.1, 0.15) is 73.4 Å². The molecule has 0 unspecified atom stereocenters. The van der Waals surface area contributed by atoms with Gasteiger partial charge in [0.1, 0.15) is 28.7 Å². The van der Waals surface area contributed by atoms with E-state index in [0.717, 1.165) is 38.6 Å². The van der Waals surface area contributed by atoms with Gasteiger partial charge in [0.05, 0.1) is 11.6 Å². The summed E-state index contributed by atoms with van der Waals surface area (Å²) >= 11 is 0. The first kappa shape index (κ1) is 30.2. The summed E-state index contributed by atoms with van der Waals surface area (Å²) in [4.78, 5) is 43.0. The molecule has 1 amide bonds. The number of phenolic OH excluding ortho intramolecular Hbond substituents is 1. The molecule has 1 aromatic rings. The number of halogens is 1. The summed E-state index contributed by atoms with van der Waals surface area (Å²) in [6.45, 7) is 3.12. The van der Waals surface area contributed by atoms with Crippen molar-refractivity contribution in [2.75, 3.05) is 20.6 Å². The molecule has 0 radical (unpaired) electrons. The zero-order valence-corrected chi connectivity index (χ0v) is 24.3. The molecule has 0 bridgehead atoms. The minimum Gasteiger partial charge on any atom is -0.510 e. The first-order chi connectivity index (χ1) is 19.8. The van der Waals surface area contributed by atoms with Gasteiger partial charge in [-0.25, -0.2) is 4.39 Å². The molecule has 42 heavy (non-hydrogen) atoms. The molecular weight excluding hydrogens is 545 g/mol. The normalized spacial score (nSPS) is 28.3. The summed E-state index contributed by atoms with van der Waals surface area (Å²) in [6.07, 6.45) is 6.21. The Hall–Kier alpha value is -3.28. The van der Waals surface area contributed by atoms with Crippen molar-refractivity contribution >= 4 is 17.5 Å². The van der Waals surface area contributed by atoms with E-state index in [-0.39, 0.29) is 41.6 Å². The van der Waals surface area contributed by atoms with Crippen molar-refractivity contribution in [3.8, 4) is 5.75 Å². The molecule has 0 spiro atoms. The molecule has 4 atom stereocenters. The van der Waals surface area contributed by atoms with Crippen LogP contribution in [0.4, 0.5) is 4.39 Å². The molecule has 228 valence electrons. The van der Waals surface area contributed by atoms with E-state index in [0.29, 0.717) is 6.04 Å². The fraction of sp³-hybridized carbons (Fsp3) is 0.581. The highest BCUT2D eigenvalue weighted by atomic mass is 19.1. The van der Waals surface area contributed by atoms with Gasteiger partial charge in [-0.15, -0.1) is 0 Å². The summed E-state index contributed by atoms with van der Waals surface area (Å²) in [7, 11) is 3.12. The van der Waals surface area contributed by atoms with Crippen molar-refractivity contribution in [1.82, 2.24) is 9.80 Å². The van der Waals surface area contributed by atoms with Crippen molar-refractivity contribution < 1.29 is 39.2 Å². The number of carbonyl (C=O) groups is 3. The van der Waals surface area contributed by atoms with E-state index >= 15 is 4.39 Å². The lowest BCUT2D eigenvalue weighted by atomic mass is 9.58. The molecule has 6 N–H and O–H groups in total. The van der Waals surface area contributed by atoms with Crippen LogP contribution in [0.5, 0.6) is 5.75 Å².